The summed E-state index contributed by atoms with van der Waals surface area (Å²) >= 11 is 0. The first-order valence-corrected chi connectivity index (χ1v) is 7.37. The molecule has 1 aromatic carbocycles. The first-order valence-electron chi connectivity index (χ1n) is 7.37. The summed E-state index contributed by atoms with van der Waals surface area (Å²) in [5.74, 6) is -0.186. The van der Waals surface area contributed by atoms with Crippen LogP contribution in [0.15, 0.2) is 24.3 Å². The van der Waals surface area contributed by atoms with E-state index in [4.69, 9.17) is 4.74 Å². The zero-order valence-corrected chi connectivity index (χ0v) is 12.6. The average Bonchev–Trinajstić information content (AvgIpc) is 2.46. The number of benzene rings is 1. The molecule has 0 bridgehead atoms. The second-order valence-corrected chi connectivity index (χ2v) is 5.72. The number of morpholine rings is 1. The van der Waals surface area contributed by atoms with Gasteiger partial charge in [-0.15, -0.1) is 0 Å². The number of likely N-dealkylation sites (N-methyl/N-ethyl adjacent to an activating group) is 1. The van der Waals surface area contributed by atoms with E-state index in [9.17, 15) is 4.39 Å². The van der Waals surface area contributed by atoms with Crippen LogP contribution in [-0.2, 0) is 11.2 Å². The molecule has 112 valence electrons. The van der Waals surface area contributed by atoms with Crippen LogP contribution in [0.4, 0.5) is 4.39 Å². The van der Waals surface area contributed by atoms with E-state index >= 15 is 0 Å². The molecule has 20 heavy (non-hydrogen) atoms. The number of halogens is 1. The smallest absolute Gasteiger partial charge is 0.123 e. The summed E-state index contributed by atoms with van der Waals surface area (Å²) < 4.78 is 18.9. The number of nitrogens with one attached hydrogen (secondary N) is 1. The van der Waals surface area contributed by atoms with Crippen molar-refractivity contribution in [2.24, 2.45) is 0 Å². The highest BCUT2D eigenvalue weighted by molar-refractivity contribution is 5.17. The number of hydrogen-bond acceptors (Lipinski definition) is 3. The molecule has 0 aliphatic carbocycles. The Morgan fingerprint density at radius 2 is 2.05 bits per heavy atom. The molecule has 1 saturated heterocycles. The molecule has 1 heterocycles. The fourth-order valence-electron chi connectivity index (χ4n) is 2.70. The van der Waals surface area contributed by atoms with Crippen LogP contribution >= 0.6 is 0 Å². The Balaban J connectivity index is 1.98. The maximum absolute atomic E-state index is 13.0. The highest BCUT2D eigenvalue weighted by Crippen LogP contribution is 2.15. The van der Waals surface area contributed by atoms with Gasteiger partial charge in [-0.25, -0.2) is 4.39 Å². The van der Waals surface area contributed by atoms with Gasteiger partial charge >= 0.3 is 0 Å². The van der Waals surface area contributed by atoms with E-state index in [1.807, 2.05) is 19.2 Å². The highest BCUT2D eigenvalue weighted by Gasteiger charge is 2.28. The van der Waals surface area contributed by atoms with Crippen molar-refractivity contribution < 1.29 is 9.13 Å². The second kappa shape index (κ2) is 7.16. The van der Waals surface area contributed by atoms with Crippen LogP contribution in [0.25, 0.3) is 0 Å². The van der Waals surface area contributed by atoms with Gasteiger partial charge in [0.25, 0.3) is 0 Å². The van der Waals surface area contributed by atoms with Crippen LogP contribution in [-0.4, -0.2) is 49.8 Å². The summed E-state index contributed by atoms with van der Waals surface area (Å²) in [6.07, 6.45) is 1.04. The van der Waals surface area contributed by atoms with Gasteiger partial charge in [-0.05, 0) is 45.0 Å². The Morgan fingerprint density at radius 1 is 1.35 bits per heavy atom. The largest absolute Gasteiger partial charge is 0.374 e. The van der Waals surface area contributed by atoms with Gasteiger partial charge in [0, 0.05) is 25.2 Å². The van der Waals surface area contributed by atoms with E-state index in [1.165, 1.54) is 12.1 Å². The van der Waals surface area contributed by atoms with Crippen LogP contribution in [0, 0.1) is 5.82 Å². The standard InChI is InChI=1S/C16H25FN2O/c1-12(2)19-8-9-20-16(11-19)15(18-3)10-13-4-6-14(17)7-5-13/h4-7,12,15-16,18H,8-11H2,1-3H3. The third kappa shape index (κ3) is 4.01. The summed E-state index contributed by atoms with van der Waals surface area (Å²) in [5.41, 5.74) is 1.14. The zero-order valence-electron chi connectivity index (χ0n) is 12.6. The van der Waals surface area contributed by atoms with Crippen molar-refractivity contribution >= 4 is 0 Å². The summed E-state index contributed by atoms with van der Waals surface area (Å²) in [6, 6.07) is 7.53. The molecule has 1 aliphatic heterocycles. The van der Waals surface area contributed by atoms with E-state index < -0.39 is 0 Å². The van der Waals surface area contributed by atoms with Gasteiger partial charge in [0.1, 0.15) is 5.82 Å². The third-order valence-corrected chi connectivity index (χ3v) is 4.04. The minimum Gasteiger partial charge on any atom is -0.374 e. The minimum atomic E-state index is -0.186. The normalized spacial score (nSPS) is 22.1. The lowest BCUT2D eigenvalue weighted by atomic mass is 9.99. The molecule has 0 amide bonds. The molecular formula is C16H25FN2O. The van der Waals surface area contributed by atoms with Crippen molar-refractivity contribution in [3.8, 4) is 0 Å². The van der Waals surface area contributed by atoms with Crippen molar-refractivity contribution in [3.05, 3.63) is 35.6 Å². The Kier molecular flexibility index (Phi) is 5.52. The molecule has 1 fully saturated rings. The quantitative estimate of drug-likeness (QED) is 0.893. The van der Waals surface area contributed by atoms with E-state index in [2.05, 4.69) is 24.1 Å². The summed E-state index contributed by atoms with van der Waals surface area (Å²) in [6.45, 7) is 7.17. The predicted molar refractivity (Wildman–Crippen MR) is 79.4 cm³/mol. The van der Waals surface area contributed by atoms with Gasteiger partial charge in [-0.1, -0.05) is 12.1 Å². The van der Waals surface area contributed by atoms with Crippen molar-refractivity contribution in [1.82, 2.24) is 10.2 Å². The third-order valence-electron chi connectivity index (χ3n) is 4.04. The van der Waals surface area contributed by atoms with Gasteiger partial charge < -0.3 is 10.1 Å². The molecule has 0 radical (unpaired) electrons. The summed E-state index contributed by atoms with van der Waals surface area (Å²) in [7, 11) is 1.96. The second-order valence-electron chi connectivity index (χ2n) is 5.72. The van der Waals surface area contributed by atoms with Crippen LogP contribution in [0.1, 0.15) is 19.4 Å². The first kappa shape index (κ1) is 15.4. The van der Waals surface area contributed by atoms with Crippen LogP contribution in [0.3, 0.4) is 0 Å². The lowest BCUT2D eigenvalue weighted by Gasteiger charge is -2.39. The van der Waals surface area contributed by atoms with Gasteiger partial charge in [0.2, 0.25) is 0 Å². The fourth-order valence-corrected chi connectivity index (χ4v) is 2.70. The number of rotatable bonds is 5. The molecule has 2 unspecified atom stereocenters. The van der Waals surface area contributed by atoms with Crippen LogP contribution in [0.5, 0.6) is 0 Å². The minimum absolute atomic E-state index is 0.182. The Bertz CT molecular complexity index is 407. The molecule has 2 rings (SSSR count). The van der Waals surface area contributed by atoms with Crippen LogP contribution < -0.4 is 5.32 Å². The van der Waals surface area contributed by atoms with Crippen molar-refractivity contribution in [3.63, 3.8) is 0 Å². The molecule has 0 saturated carbocycles. The molecular weight excluding hydrogens is 255 g/mol. The van der Waals surface area contributed by atoms with E-state index in [0.717, 1.165) is 31.7 Å². The Morgan fingerprint density at radius 3 is 2.65 bits per heavy atom. The summed E-state index contributed by atoms with van der Waals surface area (Å²) in [5, 5.41) is 3.35. The highest BCUT2D eigenvalue weighted by atomic mass is 19.1. The molecule has 4 heteroatoms. The molecule has 0 spiro atoms. The number of hydrogen-bond donors (Lipinski definition) is 1. The molecule has 2 atom stereocenters. The lowest BCUT2D eigenvalue weighted by Crippen LogP contribution is -2.53. The summed E-state index contributed by atoms with van der Waals surface area (Å²) in [4.78, 5) is 2.45. The maximum Gasteiger partial charge on any atom is 0.123 e. The lowest BCUT2D eigenvalue weighted by molar-refractivity contribution is -0.0541. The Hall–Kier alpha value is -0.970. The number of nitrogens with zero attached hydrogens (tertiary/aromatic N) is 1. The van der Waals surface area contributed by atoms with Gasteiger partial charge in [-0.3, -0.25) is 4.90 Å². The van der Waals surface area contributed by atoms with Gasteiger partial charge in [-0.2, -0.15) is 0 Å². The van der Waals surface area contributed by atoms with Crippen molar-refractivity contribution in [1.29, 1.82) is 0 Å². The van der Waals surface area contributed by atoms with Crippen molar-refractivity contribution in [2.75, 3.05) is 26.7 Å². The first-order chi connectivity index (χ1) is 9.60. The molecule has 1 N–H and O–H groups in total. The Labute approximate surface area is 121 Å². The monoisotopic (exact) mass is 280 g/mol. The molecule has 3 nitrogen and oxygen atoms in total. The topological polar surface area (TPSA) is 24.5 Å². The van der Waals surface area contributed by atoms with Crippen molar-refractivity contribution in [2.45, 2.75) is 38.5 Å². The van der Waals surface area contributed by atoms with E-state index in [0.29, 0.717) is 6.04 Å². The van der Waals surface area contributed by atoms with Gasteiger partial charge in [0.05, 0.1) is 12.7 Å². The molecule has 1 aliphatic rings. The van der Waals surface area contributed by atoms with E-state index in [1.54, 1.807) is 0 Å². The maximum atomic E-state index is 13.0. The SMILES string of the molecule is CNC(Cc1ccc(F)cc1)C1CN(C(C)C)CCO1. The number of ether oxygens (including phenoxy) is 1. The fraction of sp³-hybridized carbons (Fsp3) is 0.625. The zero-order chi connectivity index (χ0) is 14.5. The molecule has 1 aromatic rings. The predicted octanol–water partition coefficient (Wildman–Crippen LogP) is 2.07. The molecule has 0 aromatic heterocycles. The van der Waals surface area contributed by atoms with E-state index in [-0.39, 0.29) is 18.0 Å². The van der Waals surface area contributed by atoms with Crippen LogP contribution in [0.2, 0.25) is 0 Å². The average molecular weight is 280 g/mol. The van der Waals surface area contributed by atoms with Gasteiger partial charge in [0.15, 0.2) is 0 Å².